The van der Waals surface area contributed by atoms with Crippen LogP contribution in [0.4, 0.5) is 5.69 Å². The Hall–Kier alpha value is -3.48. The lowest BCUT2D eigenvalue weighted by Gasteiger charge is -2.32. The summed E-state index contributed by atoms with van der Waals surface area (Å²) in [6.07, 6.45) is 1.50. The Morgan fingerprint density at radius 1 is 0.853 bits per heavy atom. The zero-order valence-corrected chi connectivity index (χ0v) is 19.1. The van der Waals surface area contributed by atoms with Gasteiger partial charge in [-0.25, -0.2) is 0 Å². The molecule has 0 bridgehead atoms. The number of nitrogens with two attached hydrogens (primary N) is 1. The highest BCUT2D eigenvalue weighted by molar-refractivity contribution is 6.19. The number of rotatable bonds is 7. The minimum absolute atomic E-state index is 0.0590. The predicted molar refractivity (Wildman–Crippen MR) is 137 cm³/mol. The Kier molecular flexibility index (Phi) is 6.43. The van der Waals surface area contributed by atoms with Crippen LogP contribution in [0.3, 0.4) is 0 Å². The van der Waals surface area contributed by atoms with Crippen molar-refractivity contribution in [3.63, 3.8) is 0 Å². The highest BCUT2D eigenvalue weighted by Gasteiger charge is 2.25. The molecule has 0 aliphatic carbocycles. The fourth-order valence-corrected chi connectivity index (χ4v) is 5.03. The maximum absolute atomic E-state index is 12.8. The predicted octanol–water partition coefficient (Wildman–Crippen LogP) is 4.44. The largest absolute Gasteiger partial charge is 0.379 e. The standard InChI is InChI=1S/C28H29N3O3/c29-28(33)26(31-15-17-34-18-16-31)9-4-10-27(32)30-25-8-3-7-21-23-12-11-19-5-1-2-6-20(19)22(23)13-14-24(21)25/h1-3,5-8,11-14,26H,4,9-10,15-18H2,(H2,29,33)(H,30,32). The third-order valence-corrected chi connectivity index (χ3v) is 6.75. The Bertz CT molecular complexity index is 1360. The lowest BCUT2D eigenvalue weighted by molar-refractivity contribution is -0.125. The summed E-state index contributed by atoms with van der Waals surface area (Å²) in [4.78, 5) is 26.8. The van der Waals surface area contributed by atoms with Crippen molar-refractivity contribution in [1.29, 1.82) is 0 Å². The summed E-state index contributed by atoms with van der Waals surface area (Å²) < 4.78 is 5.36. The van der Waals surface area contributed by atoms with E-state index in [0.29, 0.717) is 45.6 Å². The van der Waals surface area contributed by atoms with Crippen molar-refractivity contribution in [3.05, 3.63) is 66.7 Å². The third-order valence-electron chi connectivity index (χ3n) is 6.75. The van der Waals surface area contributed by atoms with E-state index < -0.39 is 0 Å². The topological polar surface area (TPSA) is 84.7 Å². The molecule has 0 aromatic heterocycles. The number of carbonyl (C=O) groups excluding carboxylic acids is 2. The number of nitrogens with one attached hydrogen (secondary N) is 1. The van der Waals surface area contributed by atoms with Crippen molar-refractivity contribution in [1.82, 2.24) is 4.90 Å². The van der Waals surface area contributed by atoms with Gasteiger partial charge in [-0.1, -0.05) is 60.7 Å². The molecule has 1 saturated heterocycles. The molecule has 1 heterocycles. The molecule has 174 valence electrons. The highest BCUT2D eigenvalue weighted by atomic mass is 16.5. The lowest BCUT2D eigenvalue weighted by Crippen LogP contribution is -2.49. The number of nitrogens with zero attached hydrogens (tertiary/aromatic N) is 1. The summed E-state index contributed by atoms with van der Waals surface area (Å²) in [5, 5.41) is 10.0. The van der Waals surface area contributed by atoms with Crippen LogP contribution in [-0.2, 0) is 14.3 Å². The van der Waals surface area contributed by atoms with E-state index in [1.807, 2.05) is 12.1 Å². The van der Waals surface area contributed by atoms with Gasteiger partial charge in [0.05, 0.1) is 19.3 Å². The molecule has 1 unspecified atom stereocenters. The van der Waals surface area contributed by atoms with Crippen LogP contribution in [0.15, 0.2) is 66.7 Å². The molecule has 1 atom stereocenters. The Morgan fingerprint density at radius 2 is 1.53 bits per heavy atom. The number of anilines is 1. The number of fused-ring (bicyclic) bond motifs is 5. The first-order chi connectivity index (χ1) is 16.6. The minimum Gasteiger partial charge on any atom is -0.379 e. The van der Waals surface area contributed by atoms with Gasteiger partial charge in [0.25, 0.3) is 0 Å². The van der Waals surface area contributed by atoms with Gasteiger partial charge in [-0.15, -0.1) is 0 Å². The van der Waals surface area contributed by atoms with Gasteiger partial charge in [0.1, 0.15) is 0 Å². The smallest absolute Gasteiger partial charge is 0.234 e. The quantitative estimate of drug-likeness (QED) is 0.404. The first-order valence-electron chi connectivity index (χ1n) is 11.9. The van der Waals surface area contributed by atoms with Gasteiger partial charge in [-0.3, -0.25) is 14.5 Å². The second-order valence-electron chi connectivity index (χ2n) is 8.85. The molecule has 1 aliphatic rings. The average Bonchev–Trinajstić information content (AvgIpc) is 2.86. The normalized spacial score (nSPS) is 15.5. The summed E-state index contributed by atoms with van der Waals surface area (Å²) in [7, 11) is 0. The maximum atomic E-state index is 12.8. The lowest BCUT2D eigenvalue weighted by atomic mass is 9.96. The van der Waals surface area contributed by atoms with Crippen LogP contribution in [0.25, 0.3) is 32.3 Å². The Morgan fingerprint density at radius 3 is 2.35 bits per heavy atom. The molecule has 0 radical (unpaired) electrons. The number of hydrogen-bond donors (Lipinski definition) is 2. The number of morpholine rings is 1. The zero-order valence-electron chi connectivity index (χ0n) is 19.1. The molecule has 0 saturated carbocycles. The zero-order chi connectivity index (χ0) is 23.5. The van der Waals surface area contributed by atoms with Gasteiger partial charge in [0.15, 0.2) is 0 Å². The van der Waals surface area contributed by atoms with Gasteiger partial charge in [-0.05, 0) is 45.8 Å². The van der Waals surface area contributed by atoms with Crippen molar-refractivity contribution in [3.8, 4) is 0 Å². The molecular weight excluding hydrogens is 426 g/mol. The van der Waals surface area contributed by atoms with Crippen LogP contribution < -0.4 is 11.1 Å². The molecule has 34 heavy (non-hydrogen) atoms. The molecule has 6 nitrogen and oxygen atoms in total. The van der Waals surface area contributed by atoms with Crippen LogP contribution >= 0.6 is 0 Å². The molecule has 0 spiro atoms. The Balaban J connectivity index is 1.31. The maximum Gasteiger partial charge on any atom is 0.234 e. The third kappa shape index (κ3) is 4.47. The van der Waals surface area contributed by atoms with Crippen LogP contribution in [0.2, 0.25) is 0 Å². The van der Waals surface area contributed by atoms with Gasteiger partial charge < -0.3 is 15.8 Å². The van der Waals surface area contributed by atoms with Gasteiger partial charge in [0, 0.05) is 30.6 Å². The van der Waals surface area contributed by atoms with E-state index in [2.05, 4.69) is 64.8 Å². The van der Waals surface area contributed by atoms with E-state index in [-0.39, 0.29) is 17.9 Å². The molecule has 3 N–H and O–H groups in total. The first kappa shape index (κ1) is 22.3. The Labute approximate surface area is 198 Å². The highest BCUT2D eigenvalue weighted by Crippen LogP contribution is 2.34. The van der Waals surface area contributed by atoms with E-state index in [9.17, 15) is 9.59 Å². The number of amides is 2. The SMILES string of the molecule is NC(=O)C(CCCC(=O)Nc1cccc2c1ccc1c3ccccc3ccc21)N1CCOCC1. The van der Waals surface area contributed by atoms with E-state index in [1.54, 1.807) is 0 Å². The molecular formula is C28H29N3O3. The van der Waals surface area contributed by atoms with Gasteiger partial charge >= 0.3 is 0 Å². The van der Waals surface area contributed by atoms with Crippen molar-refractivity contribution < 1.29 is 14.3 Å². The summed E-state index contributed by atoms with van der Waals surface area (Å²) in [5.41, 5.74) is 6.43. The van der Waals surface area contributed by atoms with Crippen molar-refractivity contribution >= 4 is 49.8 Å². The molecule has 4 aromatic carbocycles. The number of ether oxygens (including phenoxy) is 1. The fourth-order valence-electron chi connectivity index (χ4n) is 5.03. The first-order valence-corrected chi connectivity index (χ1v) is 11.9. The van der Waals surface area contributed by atoms with E-state index in [1.165, 1.54) is 21.5 Å². The van der Waals surface area contributed by atoms with Gasteiger partial charge in [-0.2, -0.15) is 0 Å². The van der Waals surface area contributed by atoms with Crippen LogP contribution in [0, 0.1) is 0 Å². The minimum atomic E-state index is -0.351. The number of hydrogen-bond acceptors (Lipinski definition) is 4. The average molecular weight is 456 g/mol. The molecule has 1 aliphatic heterocycles. The number of carbonyl (C=O) groups is 2. The van der Waals surface area contributed by atoms with E-state index in [4.69, 9.17) is 10.5 Å². The van der Waals surface area contributed by atoms with Crippen LogP contribution in [0.1, 0.15) is 19.3 Å². The van der Waals surface area contributed by atoms with Crippen LogP contribution in [0.5, 0.6) is 0 Å². The second-order valence-corrected chi connectivity index (χ2v) is 8.85. The van der Waals surface area contributed by atoms with E-state index in [0.717, 1.165) is 16.5 Å². The van der Waals surface area contributed by atoms with Gasteiger partial charge in [0.2, 0.25) is 11.8 Å². The molecule has 2 amide bonds. The molecule has 5 rings (SSSR count). The van der Waals surface area contributed by atoms with Crippen molar-refractivity contribution in [2.75, 3.05) is 31.6 Å². The summed E-state index contributed by atoms with van der Waals surface area (Å²) in [6.45, 7) is 2.60. The number of benzene rings is 4. The van der Waals surface area contributed by atoms with E-state index >= 15 is 0 Å². The summed E-state index contributed by atoms with van der Waals surface area (Å²) in [6, 6.07) is 22.6. The molecule has 6 heteroatoms. The van der Waals surface area contributed by atoms with Crippen molar-refractivity contribution in [2.45, 2.75) is 25.3 Å². The molecule has 1 fully saturated rings. The van der Waals surface area contributed by atoms with Crippen molar-refractivity contribution in [2.24, 2.45) is 5.73 Å². The summed E-state index contributed by atoms with van der Waals surface area (Å²) >= 11 is 0. The molecule has 4 aromatic rings. The number of primary amides is 1. The second kappa shape index (κ2) is 9.79. The fraction of sp³-hybridized carbons (Fsp3) is 0.286. The monoisotopic (exact) mass is 455 g/mol. The summed E-state index contributed by atoms with van der Waals surface area (Å²) in [5.74, 6) is -0.396. The van der Waals surface area contributed by atoms with Crippen LogP contribution in [-0.4, -0.2) is 49.1 Å².